The molecule has 0 aromatic carbocycles. The molecule has 0 aliphatic rings. The van der Waals surface area contributed by atoms with Crippen LogP contribution < -0.4 is 11.3 Å². The minimum Gasteiger partial charge on any atom is -0.398 e. The molecule has 0 aliphatic carbocycles. The first-order valence-electron chi connectivity index (χ1n) is 6.02. The van der Waals surface area contributed by atoms with Crippen molar-refractivity contribution in [3.05, 3.63) is 34.5 Å². The van der Waals surface area contributed by atoms with Gasteiger partial charge in [0.25, 0.3) is 5.56 Å². The van der Waals surface area contributed by atoms with E-state index in [9.17, 15) is 4.79 Å². The van der Waals surface area contributed by atoms with Crippen LogP contribution in [-0.2, 0) is 13.6 Å². The second-order valence-corrected chi connectivity index (χ2v) is 5.35. The Kier molecular flexibility index (Phi) is 4.26. The summed E-state index contributed by atoms with van der Waals surface area (Å²) in [6.45, 7) is 2.58. The van der Waals surface area contributed by atoms with Crippen molar-refractivity contribution < 1.29 is 0 Å². The van der Waals surface area contributed by atoms with Crippen molar-refractivity contribution in [2.75, 3.05) is 11.5 Å². The third-order valence-electron chi connectivity index (χ3n) is 2.83. The van der Waals surface area contributed by atoms with Crippen molar-refractivity contribution in [1.29, 1.82) is 0 Å². The molecular weight excluding hydrogens is 262 g/mol. The topological polar surface area (TPSA) is 78.7 Å². The monoisotopic (exact) mass is 279 g/mol. The molecule has 19 heavy (non-hydrogen) atoms. The number of hydrogen-bond acceptors (Lipinski definition) is 5. The Morgan fingerprint density at radius 2 is 2.16 bits per heavy atom. The molecule has 0 atom stereocenters. The Balaban J connectivity index is 1.86. The van der Waals surface area contributed by atoms with E-state index in [2.05, 4.69) is 10.2 Å². The van der Waals surface area contributed by atoms with Crippen LogP contribution >= 0.6 is 11.8 Å². The van der Waals surface area contributed by atoms with E-state index in [4.69, 9.17) is 5.73 Å². The summed E-state index contributed by atoms with van der Waals surface area (Å²) in [6.07, 6.45) is 2.55. The maximum absolute atomic E-state index is 11.6. The zero-order chi connectivity index (χ0) is 13.8. The maximum Gasteiger partial charge on any atom is 0.250 e. The molecule has 6 nitrogen and oxygen atoms in total. The van der Waals surface area contributed by atoms with Crippen LogP contribution in [0.3, 0.4) is 0 Å². The SMILES string of the molecule is Cc1nnc(SCCCn2cc(N)ccc2=O)n1C. The average molecular weight is 279 g/mol. The van der Waals surface area contributed by atoms with Crippen LogP contribution in [-0.4, -0.2) is 25.1 Å². The molecule has 0 saturated carbocycles. The van der Waals surface area contributed by atoms with Crippen molar-refractivity contribution >= 4 is 17.4 Å². The first kappa shape index (κ1) is 13.7. The summed E-state index contributed by atoms with van der Waals surface area (Å²) in [5.74, 6) is 1.78. The third-order valence-corrected chi connectivity index (χ3v) is 3.94. The number of nitrogens with two attached hydrogens (primary N) is 1. The smallest absolute Gasteiger partial charge is 0.250 e. The van der Waals surface area contributed by atoms with Crippen LogP contribution in [0, 0.1) is 6.92 Å². The van der Waals surface area contributed by atoms with Gasteiger partial charge in [0, 0.05) is 37.3 Å². The van der Waals surface area contributed by atoms with E-state index in [1.807, 2.05) is 18.5 Å². The predicted octanol–water partition coefficient (Wildman–Crippen LogP) is 1.05. The highest BCUT2D eigenvalue weighted by Gasteiger charge is 2.05. The summed E-state index contributed by atoms with van der Waals surface area (Å²) in [6, 6.07) is 3.12. The fourth-order valence-corrected chi connectivity index (χ4v) is 2.52. The Hall–Kier alpha value is -1.76. The van der Waals surface area contributed by atoms with Gasteiger partial charge >= 0.3 is 0 Å². The van der Waals surface area contributed by atoms with E-state index in [-0.39, 0.29) is 5.56 Å². The number of aromatic nitrogens is 4. The fourth-order valence-electron chi connectivity index (χ4n) is 1.64. The van der Waals surface area contributed by atoms with E-state index in [0.29, 0.717) is 12.2 Å². The lowest BCUT2D eigenvalue weighted by atomic mass is 10.4. The predicted molar refractivity (Wildman–Crippen MR) is 76.2 cm³/mol. The lowest BCUT2D eigenvalue weighted by Gasteiger charge is -2.06. The van der Waals surface area contributed by atoms with Gasteiger partial charge in [-0.3, -0.25) is 4.79 Å². The lowest BCUT2D eigenvalue weighted by molar-refractivity contribution is 0.658. The molecule has 2 aromatic heterocycles. The number of pyridine rings is 1. The number of thioether (sulfide) groups is 1. The number of nitrogen functional groups attached to an aromatic ring is 1. The molecule has 0 aliphatic heterocycles. The van der Waals surface area contributed by atoms with Gasteiger partial charge in [-0.2, -0.15) is 0 Å². The molecule has 0 unspecified atom stereocenters. The molecule has 0 spiro atoms. The molecular formula is C12H17N5OS. The molecule has 0 bridgehead atoms. The van der Waals surface area contributed by atoms with Crippen LogP contribution in [0.25, 0.3) is 0 Å². The van der Waals surface area contributed by atoms with Crippen LogP contribution in [0.1, 0.15) is 12.2 Å². The summed E-state index contributed by atoms with van der Waals surface area (Å²) < 4.78 is 3.59. The average Bonchev–Trinajstić information content (AvgIpc) is 2.70. The first-order chi connectivity index (χ1) is 9.08. The second kappa shape index (κ2) is 5.92. The molecule has 2 aromatic rings. The van der Waals surface area contributed by atoms with E-state index < -0.39 is 0 Å². The van der Waals surface area contributed by atoms with E-state index in [1.54, 1.807) is 28.6 Å². The molecule has 0 fully saturated rings. The van der Waals surface area contributed by atoms with Gasteiger partial charge in [-0.1, -0.05) is 11.8 Å². The van der Waals surface area contributed by atoms with Gasteiger partial charge in [0.1, 0.15) is 5.82 Å². The quantitative estimate of drug-likeness (QED) is 0.654. The minimum atomic E-state index is -0.0197. The summed E-state index contributed by atoms with van der Waals surface area (Å²) in [7, 11) is 1.94. The number of rotatable bonds is 5. The van der Waals surface area contributed by atoms with Gasteiger partial charge in [0.05, 0.1) is 0 Å². The van der Waals surface area contributed by atoms with Crippen molar-refractivity contribution in [2.45, 2.75) is 25.0 Å². The second-order valence-electron chi connectivity index (χ2n) is 4.28. The van der Waals surface area contributed by atoms with Gasteiger partial charge in [-0.05, 0) is 19.4 Å². The molecule has 0 saturated heterocycles. The highest BCUT2D eigenvalue weighted by molar-refractivity contribution is 7.99. The number of anilines is 1. The Labute approximate surface area is 115 Å². The van der Waals surface area contributed by atoms with Crippen molar-refractivity contribution in [3.8, 4) is 0 Å². The van der Waals surface area contributed by atoms with Crippen molar-refractivity contribution in [3.63, 3.8) is 0 Å². The summed E-state index contributed by atoms with van der Waals surface area (Å²) >= 11 is 1.64. The molecule has 0 amide bonds. The number of aryl methyl sites for hydroxylation is 2. The van der Waals surface area contributed by atoms with Gasteiger partial charge in [0.2, 0.25) is 0 Å². The zero-order valence-corrected chi connectivity index (χ0v) is 11.9. The Morgan fingerprint density at radius 1 is 1.37 bits per heavy atom. The highest BCUT2D eigenvalue weighted by Crippen LogP contribution is 2.16. The van der Waals surface area contributed by atoms with E-state index in [0.717, 1.165) is 23.2 Å². The molecule has 0 radical (unpaired) electrons. The van der Waals surface area contributed by atoms with Crippen LogP contribution in [0.5, 0.6) is 0 Å². The summed E-state index contributed by atoms with van der Waals surface area (Å²) in [5, 5.41) is 8.98. The summed E-state index contributed by atoms with van der Waals surface area (Å²) in [5.41, 5.74) is 6.25. The zero-order valence-electron chi connectivity index (χ0n) is 11.0. The van der Waals surface area contributed by atoms with Crippen molar-refractivity contribution in [1.82, 2.24) is 19.3 Å². The maximum atomic E-state index is 11.6. The van der Waals surface area contributed by atoms with E-state index >= 15 is 0 Å². The van der Waals surface area contributed by atoms with Gasteiger partial charge in [0.15, 0.2) is 5.16 Å². The molecule has 2 heterocycles. The third kappa shape index (κ3) is 3.37. The van der Waals surface area contributed by atoms with Crippen LogP contribution in [0.2, 0.25) is 0 Å². The Bertz CT molecular complexity index is 619. The van der Waals surface area contributed by atoms with Crippen LogP contribution in [0.4, 0.5) is 5.69 Å². The molecule has 2 rings (SSSR count). The minimum absolute atomic E-state index is 0.0197. The van der Waals surface area contributed by atoms with Gasteiger partial charge in [-0.15, -0.1) is 10.2 Å². The van der Waals surface area contributed by atoms with Crippen molar-refractivity contribution in [2.24, 2.45) is 7.05 Å². The van der Waals surface area contributed by atoms with Gasteiger partial charge < -0.3 is 14.9 Å². The lowest BCUT2D eigenvalue weighted by Crippen LogP contribution is -2.19. The summed E-state index contributed by atoms with van der Waals surface area (Å²) in [4.78, 5) is 11.6. The molecule has 102 valence electrons. The normalized spacial score (nSPS) is 10.8. The molecule has 7 heteroatoms. The largest absolute Gasteiger partial charge is 0.398 e. The van der Waals surface area contributed by atoms with Crippen LogP contribution in [0.15, 0.2) is 28.3 Å². The van der Waals surface area contributed by atoms with E-state index in [1.165, 1.54) is 6.07 Å². The highest BCUT2D eigenvalue weighted by atomic mass is 32.2. The fraction of sp³-hybridized carbons (Fsp3) is 0.417. The Morgan fingerprint density at radius 3 is 2.84 bits per heavy atom. The first-order valence-corrected chi connectivity index (χ1v) is 7.01. The van der Waals surface area contributed by atoms with Gasteiger partial charge in [-0.25, -0.2) is 0 Å². The number of nitrogens with zero attached hydrogens (tertiary/aromatic N) is 4. The standard InChI is InChI=1S/C12H17N5OS/c1-9-14-15-12(16(9)2)19-7-3-6-17-8-10(13)4-5-11(17)18/h4-5,8H,3,6-7,13H2,1-2H3. The number of hydrogen-bond donors (Lipinski definition) is 1. The molecule has 2 N–H and O–H groups in total.